The maximum absolute atomic E-state index is 16.4. The number of fused-ring (bicyclic) bond motifs is 4. The summed E-state index contributed by atoms with van der Waals surface area (Å²) in [7, 11) is 1.84. The molecular weight excluding hydrogens is 497 g/mol. The molecular formula is C29H28FN7O2. The average Bonchev–Trinajstić information content (AvgIpc) is 3.51. The maximum atomic E-state index is 16.4. The smallest absolute Gasteiger partial charge is 0.319 e. The molecule has 0 saturated carbocycles. The van der Waals surface area contributed by atoms with Gasteiger partial charge in [0.15, 0.2) is 5.82 Å². The molecule has 198 valence electrons. The van der Waals surface area contributed by atoms with Crippen molar-refractivity contribution in [2.45, 2.75) is 25.5 Å². The molecule has 2 bridgehead atoms. The van der Waals surface area contributed by atoms with Gasteiger partial charge in [-0.25, -0.2) is 4.39 Å². The number of aryl methyl sites for hydroxylation is 1. The molecule has 2 N–H and O–H groups in total. The van der Waals surface area contributed by atoms with E-state index in [0.717, 1.165) is 48.9 Å². The Morgan fingerprint density at radius 2 is 2.05 bits per heavy atom. The number of anilines is 1. The van der Waals surface area contributed by atoms with Crippen LogP contribution in [0.25, 0.3) is 32.9 Å². The van der Waals surface area contributed by atoms with Crippen LogP contribution in [0.4, 0.5) is 10.2 Å². The van der Waals surface area contributed by atoms with Gasteiger partial charge in [-0.05, 0) is 54.3 Å². The SMILES string of the molecule is Cn1ccc(COc2nc(N3CCC4CNC(C4)C3)c3cnc(-c4cc(O)cc5ccccc45)c(F)c3n2)n1. The zero-order valence-corrected chi connectivity index (χ0v) is 21.5. The van der Waals surface area contributed by atoms with E-state index in [9.17, 15) is 5.11 Å². The number of phenolic OH excluding ortho intramolecular Hbond substituents is 1. The van der Waals surface area contributed by atoms with Gasteiger partial charge in [-0.3, -0.25) is 9.67 Å². The van der Waals surface area contributed by atoms with Crippen molar-refractivity contribution < 1.29 is 14.2 Å². The first-order valence-electron chi connectivity index (χ1n) is 13.2. The third kappa shape index (κ3) is 4.40. The first-order chi connectivity index (χ1) is 19.0. The number of ether oxygens (including phenoxy) is 1. The number of hydrogen-bond acceptors (Lipinski definition) is 8. The Kier molecular flexibility index (Phi) is 5.77. The second kappa shape index (κ2) is 9.46. The number of aromatic hydroxyl groups is 1. The molecule has 2 fully saturated rings. The first-order valence-corrected chi connectivity index (χ1v) is 13.2. The molecule has 0 radical (unpaired) electrons. The van der Waals surface area contributed by atoms with Gasteiger partial charge < -0.3 is 20.1 Å². The third-order valence-corrected chi connectivity index (χ3v) is 7.72. The fourth-order valence-electron chi connectivity index (χ4n) is 5.83. The minimum Gasteiger partial charge on any atom is -0.508 e. The number of aromatic nitrogens is 5. The van der Waals surface area contributed by atoms with Crippen molar-refractivity contribution in [1.82, 2.24) is 30.0 Å². The summed E-state index contributed by atoms with van der Waals surface area (Å²) in [4.78, 5) is 16.0. The Hall–Kier alpha value is -4.31. The van der Waals surface area contributed by atoms with Gasteiger partial charge in [-0.2, -0.15) is 15.1 Å². The second-order valence-electron chi connectivity index (χ2n) is 10.4. The Morgan fingerprint density at radius 3 is 2.92 bits per heavy atom. The summed E-state index contributed by atoms with van der Waals surface area (Å²) in [5.41, 5.74) is 1.47. The van der Waals surface area contributed by atoms with Crippen LogP contribution in [-0.4, -0.2) is 55.5 Å². The van der Waals surface area contributed by atoms with Crippen LogP contribution in [-0.2, 0) is 13.7 Å². The fraction of sp³-hybridized carbons (Fsp3) is 0.310. The van der Waals surface area contributed by atoms with Crippen LogP contribution in [0.2, 0.25) is 0 Å². The Morgan fingerprint density at radius 1 is 1.15 bits per heavy atom. The Balaban J connectivity index is 1.37. The van der Waals surface area contributed by atoms with Crippen molar-refractivity contribution in [3.63, 3.8) is 0 Å². The molecule has 9 nitrogen and oxygen atoms in total. The van der Waals surface area contributed by atoms with Crippen molar-refractivity contribution in [3.8, 4) is 23.0 Å². The van der Waals surface area contributed by atoms with Gasteiger partial charge in [0.25, 0.3) is 0 Å². The van der Waals surface area contributed by atoms with Crippen molar-refractivity contribution in [3.05, 3.63) is 66.4 Å². The van der Waals surface area contributed by atoms with Crippen LogP contribution in [0.15, 0.2) is 54.9 Å². The summed E-state index contributed by atoms with van der Waals surface area (Å²) >= 11 is 0. The van der Waals surface area contributed by atoms with E-state index >= 15 is 4.39 Å². The maximum Gasteiger partial charge on any atom is 0.319 e. The van der Waals surface area contributed by atoms with E-state index in [-0.39, 0.29) is 29.6 Å². The van der Waals surface area contributed by atoms with Crippen molar-refractivity contribution >= 4 is 27.5 Å². The minimum atomic E-state index is -0.580. The first kappa shape index (κ1) is 23.8. The average molecular weight is 526 g/mol. The number of nitrogens with one attached hydrogen (secondary N) is 1. The molecule has 2 atom stereocenters. The van der Waals surface area contributed by atoms with Crippen LogP contribution in [0, 0.1) is 11.7 Å². The highest BCUT2D eigenvalue weighted by atomic mass is 19.1. The van der Waals surface area contributed by atoms with Crippen molar-refractivity contribution in [2.75, 3.05) is 24.5 Å². The van der Waals surface area contributed by atoms with E-state index in [2.05, 4.69) is 25.3 Å². The highest BCUT2D eigenvalue weighted by Gasteiger charge is 2.31. The van der Waals surface area contributed by atoms with Gasteiger partial charge in [-0.1, -0.05) is 24.3 Å². The Bertz CT molecular complexity index is 1700. The van der Waals surface area contributed by atoms with Gasteiger partial charge in [0.2, 0.25) is 0 Å². The Labute approximate surface area is 224 Å². The molecule has 0 spiro atoms. The molecule has 10 heteroatoms. The number of benzene rings is 2. The highest BCUT2D eigenvalue weighted by Crippen LogP contribution is 2.37. The summed E-state index contributed by atoms with van der Waals surface area (Å²) < 4.78 is 24.1. The monoisotopic (exact) mass is 525 g/mol. The lowest BCUT2D eigenvalue weighted by atomic mass is 10.0. The predicted octanol–water partition coefficient (Wildman–Crippen LogP) is 4.19. The lowest BCUT2D eigenvalue weighted by molar-refractivity contribution is 0.276. The molecule has 2 aliphatic rings. The second-order valence-corrected chi connectivity index (χ2v) is 10.4. The number of halogens is 1. The van der Waals surface area contributed by atoms with Gasteiger partial charge in [0, 0.05) is 44.1 Å². The van der Waals surface area contributed by atoms with Crippen LogP contribution in [0.1, 0.15) is 18.5 Å². The van der Waals surface area contributed by atoms with Crippen LogP contribution < -0.4 is 15.0 Å². The molecule has 39 heavy (non-hydrogen) atoms. The highest BCUT2D eigenvalue weighted by molar-refractivity contribution is 5.99. The summed E-state index contributed by atoms with van der Waals surface area (Å²) in [6.07, 6.45) is 5.63. The van der Waals surface area contributed by atoms with Crippen LogP contribution in [0.3, 0.4) is 0 Å². The topological polar surface area (TPSA) is 101 Å². The zero-order valence-electron chi connectivity index (χ0n) is 21.5. The molecule has 0 amide bonds. The van der Waals surface area contributed by atoms with Crippen LogP contribution >= 0.6 is 0 Å². The number of rotatable bonds is 5. The lowest BCUT2D eigenvalue weighted by Crippen LogP contribution is -2.39. The standard InChI is InChI=1S/C29H28FN7O2/c1-36-8-7-19(35-36)16-39-29-33-27-24(28(34-29)37-9-6-17-10-20(15-37)31-13-17)14-32-26(25(27)30)23-12-21(38)11-18-4-2-3-5-22(18)23/h2-5,7-8,11-12,14,17,20,31,38H,6,9-10,13,15-16H2,1H3. The lowest BCUT2D eigenvalue weighted by Gasteiger charge is -2.27. The summed E-state index contributed by atoms with van der Waals surface area (Å²) in [6.45, 7) is 2.78. The minimum absolute atomic E-state index is 0.0416. The van der Waals surface area contributed by atoms with E-state index < -0.39 is 5.82 Å². The summed E-state index contributed by atoms with van der Waals surface area (Å²) in [5, 5.41) is 20.4. The van der Waals surface area contributed by atoms with Crippen LogP contribution in [0.5, 0.6) is 11.8 Å². The molecule has 5 aromatic rings. The summed E-state index contributed by atoms with van der Waals surface area (Å²) in [6, 6.07) is 13.0. The molecule has 2 unspecified atom stereocenters. The molecule has 2 aliphatic heterocycles. The molecule has 7 rings (SSSR count). The van der Waals surface area contributed by atoms with Gasteiger partial charge >= 0.3 is 6.01 Å². The molecule has 3 aromatic heterocycles. The van der Waals surface area contributed by atoms with E-state index in [4.69, 9.17) is 9.72 Å². The van der Waals surface area contributed by atoms with E-state index in [1.807, 2.05) is 43.6 Å². The van der Waals surface area contributed by atoms with Gasteiger partial charge in [0.1, 0.15) is 29.4 Å². The van der Waals surface area contributed by atoms with Crippen molar-refractivity contribution in [2.24, 2.45) is 13.0 Å². The number of hydrogen-bond donors (Lipinski definition) is 2. The largest absolute Gasteiger partial charge is 0.508 e. The van der Waals surface area contributed by atoms with E-state index in [1.165, 1.54) is 6.07 Å². The van der Waals surface area contributed by atoms with Gasteiger partial charge in [-0.15, -0.1) is 0 Å². The zero-order chi connectivity index (χ0) is 26.5. The summed E-state index contributed by atoms with van der Waals surface area (Å²) in [5.74, 6) is 0.710. The third-order valence-electron chi connectivity index (χ3n) is 7.72. The van der Waals surface area contributed by atoms with Gasteiger partial charge in [0.05, 0.1) is 11.1 Å². The normalized spacial score (nSPS) is 19.1. The number of phenols is 1. The molecule has 2 aromatic carbocycles. The number of pyridine rings is 1. The predicted molar refractivity (Wildman–Crippen MR) is 146 cm³/mol. The van der Waals surface area contributed by atoms with Crippen molar-refractivity contribution in [1.29, 1.82) is 0 Å². The fourth-order valence-corrected chi connectivity index (χ4v) is 5.83. The molecule has 5 heterocycles. The quantitative estimate of drug-likeness (QED) is 0.352. The van der Waals surface area contributed by atoms with E-state index in [1.54, 1.807) is 16.9 Å². The number of nitrogens with zero attached hydrogens (tertiary/aromatic N) is 6. The molecule has 0 aliphatic carbocycles. The molecule has 2 saturated heterocycles. The van der Waals surface area contributed by atoms with E-state index in [0.29, 0.717) is 28.7 Å².